The van der Waals surface area contributed by atoms with Crippen LogP contribution < -0.4 is 14.8 Å². The Hall–Kier alpha value is -3.27. The normalized spacial score (nSPS) is 14.5. The van der Waals surface area contributed by atoms with E-state index in [1.807, 2.05) is 60.7 Å². The molecule has 1 amide bonds. The largest absolute Gasteiger partial charge is 0.496 e. The van der Waals surface area contributed by atoms with Crippen molar-refractivity contribution >= 4 is 34.0 Å². The van der Waals surface area contributed by atoms with Gasteiger partial charge in [-0.15, -0.1) is 0 Å². The number of hydrogen-bond donors (Lipinski definition) is 1. The Bertz CT molecular complexity index is 1020. The molecule has 1 aliphatic rings. The molecule has 0 aromatic heterocycles. The molecule has 1 aliphatic heterocycles. The van der Waals surface area contributed by atoms with Crippen molar-refractivity contribution in [1.29, 1.82) is 0 Å². The third-order valence-electron chi connectivity index (χ3n) is 4.44. The fraction of sp³-hybridized carbons (Fsp3) is 0.0952. The van der Waals surface area contributed by atoms with Crippen molar-refractivity contribution in [1.82, 2.24) is 0 Å². The van der Waals surface area contributed by atoms with Gasteiger partial charge in [-0.05, 0) is 29.8 Å². The van der Waals surface area contributed by atoms with Gasteiger partial charge in [0.05, 0.1) is 14.2 Å². The number of anilines is 1. The minimum Gasteiger partial charge on any atom is -0.496 e. The quantitative estimate of drug-likeness (QED) is 0.726. The lowest BCUT2D eigenvalue weighted by molar-refractivity contribution is -0.110. The molecular formula is C21H17NO3. The first-order valence-corrected chi connectivity index (χ1v) is 7.99. The molecule has 0 saturated carbocycles. The monoisotopic (exact) mass is 331 g/mol. The third-order valence-corrected chi connectivity index (χ3v) is 4.44. The molecule has 0 aliphatic carbocycles. The summed E-state index contributed by atoms with van der Waals surface area (Å²) >= 11 is 0. The van der Waals surface area contributed by atoms with Gasteiger partial charge in [0.15, 0.2) is 0 Å². The summed E-state index contributed by atoms with van der Waals surface area (Å²) in [5, 5.41) is 4.78. The van der Waals surface area contributed by atoms with E-state index in [1.54, 1.807) is 14.2 Å². The van der Waals surface area contributed by atoms with Crippen molar-refractivity contribution in [3.8, 4) is 11.5 Å². The minimum atomic E-state index is -0.0972. The van der Waals surface area contributed by atoms with Crippen LogP contribution in [0, 0.1) is 0 Å². The fourth-order valence-corrected chi connectivity index (χ4v) is 3.28. The number of benzene rings is 3. The van der Waals surface area contributed by atoms with Gasteiger partial charge in [-0.3, -0.25) is 4.79 Å². The molecule has 4 rings (SSSR count). The van der Waals surface area contributed by atoms with Crippen molar-refractivity contribution in [2.45, 2.75) is 0 Å². The van der Waals surface area contributed by atoms with Crippen LogP contribution in [0.3, 0.4) is 0 Å². The topological polar surface area (TPSA) is 47.6 Å². The summed E-state index contributed by atoms with van der Waals surface area (Å²) in [5.41, 5.74) is 3.30. The summed E-state index contributed by atoms with van der Waals surface area (Å²) in [6.45, 7) is 0. The Morgan fingerprint density at radius 1 is 0.880 bits per heavy atom. The van der Waals surface area contributed by atoms with Crippen LogP contribution in [0.25, 0.3) is 22.4 Å². The van der Waals surface area contributed by atoms with E-state index in [0.29, 0.717) is 5.57 Å². The first-order chi connectivity index (χ1) is 12.2. The second kappa shape index (κ2) is 5.98. The van der Waals surface area contributed by atoms with Crippen LogP contribution in [0.1, 0.15) is 11.1 Å². The molecule has 3 aromatic carbocycles. The van der Waals surface area contributed by atoms with Gasteiger partial charge in [0.25, 0.3) is 5.91 Å². The predicted molar refractivity (Wildman–Crippen MR) is 100.0 cm³/mol. The van der Waals surface area contributed by atoms with Crippen LogP contribution in [0.5, 0.6) is 11.5 Å². The van der Waals surface area contributed by atoms with Crippen LogP contribution >= 0.6 is 0 Å². The fourth-order valence-electron chi connectivity index (χ4n) is 3.28. The zero-order valence-corrected chi connectivity index (χ0v) is 14.0. The van der Waals surface area contributed by atoms with Gasteiger partial charge in [0, 0.05) is 27.6 Å². The van der Waals surface area contributed by atoms with Crippen molar-refractivity contribution in [2.75, 3.05) is 19.5 Å². The van der Waals surface area contributed by atoms with Crippen LogP contribution in [0.4, 0.5) is 5.69 Å². The Morgan fingerprint density at radius 2 is 1.68 bits per heavy atom. The van der Waals surface area contributed by atoms with E-state index in [0.717, 1.165) is 39.1 Å². The number of carbonyl (C=O) groups is 1. The van der Waals surface area contributed by atoms with Crippen LogP contribution in [-0.2, 0) is 4.79 Å². The molecule has 4 nitrogen and oxygen atoms in total. The van der Waals surface area contributed by atoms with Crippen LogP contribution in [-0.4, -0.2) is 20.1 Å². The Labute approximate surface area is 145 Å². The van der Waals surface area contributed by atoms with E-state index in [9.17, 15) is 4.79 Å². The molecule has 0 saturated heterocycles. The van der Waals surface area contributed by atoms with Crippen molar-refractivity contribution in [3.05, 3.63) is 65.7 Å². The molecule has 0 atom stereocenters. The minimum absolute atomic E-state index is 0.0972. The number of para-hydroxylation sites is 1. The number of methoxy groups -OCH3 is 2. The average molecular weight is 331 g/mol. The first kappa shape index (κ1) is 15.3. The molecule has 1 heterocycles. The van der Waals surface area contributed by atoms with Gasteiger partial charge in [-0.2, -0.15) is 0 Å². The lowest BCUT2D eigenvalue weighted by Crippen LogP contribution is -2.03. The maximum absolute atomic E-state index is 12.4. The second-order valence-electron chi connectivity index (χ2n) is 5.80. The summed E-state index contributed by atoms with van der Waals surface area (Å²) < 4.78 is 11.0. The predicted octanol–water partition coefficient (Wildman–Crippen LogP) is 4.35. The number of amides is 1. The summed E-state index contributed by atoms with van der Waals surface area (Å²) in [4.78, 5) is 12.4. The van der Waals surface area contributed by atoms with Crippen molar-refractivity contribution < 1.29 is 14.3 Å². The lowest BCUT2D eigenvalue weighted by atomic mass is 9.98. The molecule has 0 fully saturated rings. The molecule has 3 aromatic rings. The highest BCUT2D eigenvalue weighted by Crippen LogP contribution is 2.38. The maximum atomic E-state index is 12.4. The van der Waals surface area contributed by atoms with Gasteiger partial charge in [-0.1, -0.05) is 36.4 Å². The van der Waals surface area contributed by atoms with Crippen molar-refractivity contribution in [2.24, 2.45) is 0 Å². The molecule has 4 heteroatoms. The first-order valence-electron chi connectivity index (χ1n) is 7.99. The van der Waals surface area contributed by atoms with Gasteiger partial charge < -0.3 is 14.8 Å². The molecule has 0 spiro atoms. The number of nitrogens with one attached hydrogen (secondary N) is 1. The SMILES string of the molecule is COc1ccc(/C=C2\C(=O)Nc3ccccc32)c2c(OC)cccc12. The van der Waals surface area contributed by atoms with Gasteiger partial charge in [0.1, 0.15) is 11.5 Å². The van der Waals surface area contributed by atoms with Gasteiger partial charge >= 0.3 is 0 Å². The molecule has 124 valence electrons. The van der Waals surface area contributed by atoms with Crippen molar-refractivity contribution in [3.63, 3.8) is 0 Å². The summed E-state index contributed by atoms with van der Waals surface area (Å²) in [6, 6.07) is 17.4. The zero-order valence-electron chi connectivity index (χ0n) is 14.0. The summed E-state index contributed by atoms with van der Waals surface area (Å²) in [6.07, 6.45) is 1.91. The van der Waals surface area contributed by atoms with Crippen LogP contribution in [0.15, 0.2) is 54.6 Å². The average Bonchev–Trinajstić information content (AvgIpc) is 2.96. The molecule has 0 bridgehead atoms. The molecule has 25 heavy (non-hydrogen) atoms. The number of rotatable bonds is 3. The molecule has 0 radical (unpaired) electrons. The van der Waals surface area contributed by atoms with E-state index in [4.69, 9.17) is 9.47 Å². The number of hydrogen-bond acceptors (Lipinski definition) is 3. The summed E-state index contributed by atoms with van der Waals surface area (Å²) in [7, 11) is 3.29. The number of fused-ring (bicyclic) bond motifs is 2. The lowest BCUT2D eigenvalue weighted by Gasteiger charge is -2.12. The number of ether oxygens (including phenoxy) is 2. The van der Waals surface area contributed by atoms with Gasteiger partial charge in [-0.25, -0.2) is 0 Å². The van der Waals surface area contributed by atoms with E-state index in [-0.39, 0.29) is 5.91 Å². The van der Waals surface area contributed by atoms with E-state index in [2.05, 4.69) is 5.32 Å². The van der Waals surface area contributed by atoms with E-state index < -0.39 is 0 Å². The molecule has 1 N–H and O–H groups in total. The number of carbonyl (C=O) groups excluding carboxylic acids is 1. The Balaban J connectivity index is 1.98. The van der Waals surface area contributed by atoms with Crippen LogP contribution in [0.2, 0.25) is 0 Å². The standard InChI is InChI=1S/C21H17NO3/c1-24-18-11-10-13(20-15(18)7-5-9-19(20)25-2)12-16-14-6-3-4-8-17(14)22-21(16)23/h3-12H,1-2H3,(H,22,23)/b16-12-. The molecule has 0 unspecified atom stereocenters. The second-order valence-corrected chi connectivity index (χ2v) is 5.80. The zero-order chi connectivity index (χ0) is 17.4. The highest BCUT2D eigenvalue weighted by atomic mass is 16.5. The molecular weight excluding hydrogens is 314 g/mol. The smallest absolute Gasteiger partial charge is 0.256 e. The highest BCUT2D eigenvalue weighted by Gasteiger charge is 2.24. The maximum Gasteiger partial charge on any atom is 0.256 e. The van der Waals surface area contributed by atoms with E-state index in [1.165, 1.54) is 0 Å². The Morgan fingerprint density at radius 3 is 2.48 bits per heavy atom. The summed E-state index contributed by atoms with van der Waals surface area (Å²) in [5.74, 6) is 1.42. The van der Waals surface area contributed by atoms with Gasteiger partial charge in [0.2, 0.25) is 0 Å². The highest BCUT2D eigenvalue weighted by molar-refractivity contribution is 6.35. The Kier molecular flexibility index (Phi) is 3.65. The third kappa shape index (κ3) is 2.43. The van der Waals surface area contributed by atoms with E-state index >= 15 is 0 Å².